The molecule has 1 rings (SSSR count). The lowest BCUT2D eigenvalue weighted by Gasteiger charge is -2.11. The minimum absolute atomic E-state index is 0.286. The molecule has 0 aliphatic carbocycles. The summed E-state index contributed by atoms with van der Waals surface area (Å²) in [7, 11) is 1.74. The highest BCUT2D eigenvalue weighted by atomic mass is 16.5. The summed E-state index contributed by atoms with van der Waals surface area (Å²) in [5, 5.41) is 6.72. The van der Waals surface area contributed by atoms with E-state index in [-0.39, 0.29) is 6.10 Å². The van der Waals surface area contributed by atoms with Gasteiger partial charge in [-0.15, -0.1) is 0 Å². The van der Waals surface area contributed by atoms with Gasteiger partial charge in [0, 0.05) is 33.3 Å². The first-order valence-electron chi connectivity index (χ1n) is 5.81. The second kappa shape index (κ2) is 8.28. The monoisotopic (exact) mass is 222 g/mol. The summed E-state index contributed by atoms with van der Waals surface area (Å²) in [5.74, 6) is 0. The molecule has 2 N–H and O–H groups in total. The van der Waals surface area contributed by atoms with Crippen molar-refractivity contribution in [2.24, 2.45) is 0 Å². The number of methoxy groups -OCH3 is 1. The third-order valence-corrected chi connectivity index (χ3v) is 2.48. The Morgan fingerprint density at radius 2 is 1.81 bits per heavy atom. The minimum atomic E-state index is 0.286. The summed E-state index contributed by atoms with van der Waals surface area (Å²) in [5.41, 5.74) is 1.33. The van der Waals surface area contributed by atoms with Gasteiger partial charge in [-0.3, -0.25) is 0 Å². The second-order valence-corrected chi connectivity index (χ2v) is 3.91. The molecule has 90 valence electrons. The summed E-state index contributed by atoms with van der Waals surface area (Å²) in [6, 6.07) is 10.4. The Bertz CT molecular complexity index is 264. The van der Waals surface area contributed by atoms with Gasteiger partial charge in [-0.05, 0) is 12.5 Å². The molecule has 0 bridgehead atoms. The number of rotatable bonds is 8. The van der Waals surface area contributed by atoms with E-state index in [2.05, 4.69) is 41.8 Å². The van der Waals surface area contributed by atoms with Crippen LogP contribution in [0.4, 0.5) is 0 Å². The van der Waals surface area contributed by atoms with Crippen molar-refractivity contribution >= 4 is 0 Å². The van der Waals surface area contributed by atoms with E-state index in [1.807, 2.05) is 6.07 Å². The van der Waals surface area contributed by atoms with E-state index in [4.69, 9.17) is 4.74 Å². The highest BCUT2D eigenvalue weighted by Gasteiger charge is 1.96. The van der Waals surface area contributed by atoms with E-state index in [1.54, 1.807) is 7.11 Å². The zero-order chi connectivity index (χ0) is 11.6. The summed E-state index contributed by atoms with van der Waals surface area (Å²) < 4.78 is 5.14. The van der Waals surface area contributed by atoms with E-state index in [9.17, 15) is 0 Å². The fourth-order valence-corrected chi connectivity index (χ4v) is 1.39. The Labute approximate surface area is 98.2 Å². The van der Waals surface area contributed by atoms with Crippen LogP contribution in [0.15, 0.2) is 30.3 Å². The maximum absolute atomic E-state index is 5.14. The molecule has 0 radical (unpaired) electrons. The van der Waals surface area contributed by atoms with Gasteiger partial charge in [0.1, 0.15) is 0 Å². The first-order chi connectivity index (χ1) is 7.83. The first-order valence-corrected chi connectivity index (χ1v) is 5.81. The van der Waals surface area contributed by atoms with Crippen molar-refractivity contribution in [1.29, 1.82) is 0 Å². The average Bonchev–Trinajstić information content (AvgIpc) is 2.34. The van der Waals surface area contributed by atoms with Crippen LogP contribution in [0, 0.1) is 0 Å². The Morgan fingerprint density at radius 1 is 1.12 bits per heavy atom. The van der Waals surface area contributed by atoms with Gasteiger partial charge in [-0.2, -0.15) is 0 Å². The van der Waals surface area contributed by atoms with Crippen LogP contribution in [-0.2, 0) is 11.3 Å². The molecule has 0 saturated heterocycles. The van der Waals surface area contributed by atoms with Crippen LogP contribution in [0.1, 0.15) is 12.5 Å². The normalized spacial score (nSPS) is 12.6. The van der Waals surface area contributed by atoms with E-state index >= 15 is 0 Å². The van der Waals surface area contributed by atoms with Gasteiger partial charge >= 0.3 is 0 Å². The van der Waals surface area contributed by atoms with Crippen LogP contribution in [0.2, 0.25) is 0 Å². The maximum atomic E-state index is 5.14. The summed E-state index contributed by atoms with van der Waals surface area (Å²) in [6.45, 7) is 5.85. The van der Waals surface area contributed by atoms with Gasteiger partial charge in [0.2, 0.25) is 0 Å². The van der Waals surface area contributed by atoms with Crippen molar-refractivity contribution in [3.05, 3.63) is 35.9 Å². The van der Waals surface area contributed by atoms with Crippen LogP contribution in [0.25, 0.3) is 0 Å². The first kappa shape index (κ1) is 13.2. The maximum Gasteiger partial charge on any atom is 0.0667 e. The van der Waals surface area contributed by atoms with Crippen molar-refractivity contribution in [3.8, 4) is 0 Å². The zero-order valence-corrected chi connectivity index (χ0v) is 10.2. The lowest BCUT2D eigenvalue weighted by Crippen LogP contribution is -2.32. The van der Waals surface area contributed by atoms with Gasteiger partial charge in [0.15, 0.2) is 0 Å². The molecule has 1 aromatic rings. The predicted octanol–water partition coefficient (Wildman–Crippen LogP) is 1.40. The van der Waals surface area contributed by atoms with Crippen molar-refractivity contribution < 1.29 is 4.74 Å². The molecular formula is C13H22N2O. The molecule has 0 aromatic heterocycles. The van der Waals surface area contributed by atoms with Gasteiger partial charge in [-0.1, -0.05) is 30.3 Å². The second-order valence-electron chi connectivity index (χ2n) is 3.91. The molecule has 0 saturated carbocycles. The van der Waals surface area contributed by atoms with Crippen LogP contribution >= 0.6 is 0 Å². The largest absolute Gasteiger partial charge is 0.380 e. The molecular weight excluding hydrogens is 200 g/mol. The zero-order valence-electron chi connectivity index (χ0n) is 10.2. The van der Waals surface area contributed by atoms with E-state index in [0.29, 0.717) is 0 Å². The van der Waals surface area contributed by atoms with E-state index < -0.39 is 0 Å². The number of hydrogen-bond acceptors (Lipinski definition) is 3. The van der Waals surface area contributed by atoms with Crippen LogP contribution in [0.5, 0.6) is 0 Å². The van der Waals surface area contributed by atoms with E-state index in [0.717, 1.165) is 26.2 Å². The third-order valence-electron chi connectivity index (χ3n) is 2.48. The molecule has 0 amide bonds. The van der Waals surface area contributed by atoms with Crippen molar-refractivity contribution in [2.45, 2.75) is 19.6 Å². The van der Waals surface area contributed by atoms with Gasteiger partial charge in [-0.25, -0.2) is 0 Å². The summed E-state index contributed by atoms with van der Waals surface area (Å²) in [4.78, 5) is 0. The summed E-state index contributed by atoms with van der Waals surface area (Å²) >= 11 is 0. The highest BCUT2D eigenvalue weighted by Crippen LogP contribution is 1.96. The Hall–Kier alpha value is -0.900. The quantitative estimate of drug-likeness (QED) is 0.652. The molecule has 0 spiro atoms. The van der Waals surface area contributed by atoms with Crippen LogP contribution in [-0.4, -0.2) is 32.8 Å². The predicted molar refractivity (Wildman–Crippen MR) is 67.5 cm³/mol. The number of ether oxygens (including phenoxy) is 1. The number of benzene rings is 1. The number of hydrogen-bond donors (Lipinski definition) is 2. The average molecular weight is 222 g/mol. The molecule has 0 fully saturated rings. The Morgan fingerprint density at radius 3 is 2.50 bits per heavy atom. The minimum Gasteiger partial charge on any atom is -0.380 e. The SMILES string of the molecule is COC(C)CNCCNCc1ccccc1. The summed E-state index contributed by atoms with van der Waals surface area (Å²) in [6.07, 6.45) is 0.286. The van der Waals surface area contributed by atoms with E-state index in [1.165, 1.54) is 5.56 Å². The van der Waals surface area contributed by atoms with Crippen molar-refractivity contribution in [3.63, 3.8) is 0 Å². The molecule has 0 aliphatic heterocycles. The Kier molecular flexibility index (Phi) is 6.81. The standard InChI is InChI=1S/C13H22N2O/c1-12(16-2)10-14-8-9-15-11-13-6-4-3-5-7-13/h3-7,12,14-15H,8-11H2,1-2H3. The molecule has 3 heteroatoms. The third kappa shape index (κ3) is 5.85. The molecule has 1 aromatic carbocycles. The molecule has 0 aliphatic rings. The van der Waals surface area contributed by atoms with Crippen LogP contribution < -0.4 is 10.6 Å². The molecule has 3 nitrogen and oxygen atoms in total. The van der Waals surface area contributed by atoms with Crippen LogP contribution in [0.3, 0.4) is 0 Å². The molecule has 1 atom stereocenters. The smallest absolute Gasteiger partial charge is 0.0667 e. The van der Waals surface area contributed by atoms with Crippen molar-refractivity contribution in [1.82, 2.24) is 10.6 Å². The highest BCUT2D eigenvalue weighted by molar-refractivity contribution is 5.14. The molecule has 0 heterocycles. The fourth-order valence-electron chi connectivity index (χ4n) is 1.39. The topological polar surface area (TPSA) is 33.3 Å². The van der Waals surface area contributed by atoms with Gasteiger partial charge < -0.3 is 15.4 Å². The number of nitrogens with one attached hydrogen (secondary N) is 2. The lowest BCUT2D eigenvalue weighted by atomic mass is 10.2. The Balaban J connectivity index is 1.96. The van der Waals surface area contributed by atoms with Crippen molar-refractivity contribution in [2.75, 3.05) is 26.7 Å². The van der Waals surface area contributed by atoms with Gasteiger partial charge in [0.25, 0.3) is 0 Å². The van der Waals surface area contributed by atoms with Gasteiger partial charge in [0.05, 0.1) is 6.10 Å². The molecule has 1 unspecified atom stereocenters. The lowest BCUT2D eigenvalue weighted by molar-refractivity contribution is 0.117. The fraction of sp³-hybridized carbons (Fsp3) is 0.538. The molecule has 16 heavy (non-hydrogen) atoms.